The molecule has 2 N–H and O–H groups in total. The first-order chi connectivity index (χ1) is 17.0. The van der Waals surface area contributed by atoms with Crippen molar-refractivity contribution in [1.29, 1.82) is 5.41 Å². The van der Waals surface area contributed by atoms with Crippen LogP contribution in [0.5, 0.6) is 0 Å². The van der Waals surface area contributed by atoms with Gasteiger partial charge < -0.3 is 9.88 Å². The number of rotatable bonds is 6. The molecule has 5 aromatic rings. The van der Waals surface area contributed by atoms with E-state index in [0.29, 0.717) is 24.3 Å². The Morgan fingerprint density at radius 2 is 1.80 bits per heavy atom. The number of nitrogens with zero attached hydrogens (tertiary/aromatic N) is 4. The standard InChI is InChI=1S/C27H24N6O2/c1-18-7-8-23-31-25-22(27(35)32(23)16-18)15-21(24(28)33(25)17-20-9-12-29-13-10-20)26(34)30-14-11-19-5-3-2-4-6-19/h2-10,12-13,15-16,28H,11,14,17H2,1H3,(H,30,34). The molecule has 8 nitrogen and oxygen atoms in total. The lowest BCUT2D eigenvalue weighted by molar-refractivity contribution is 0.0951. The van der Waals surface area contributed by atoms with Gasteiger partial charge in [0.15, 0.2) is 0 Å². The van der Waals surface area contributed by atoms with E-state index in [4.69, 9.17) is 10.4 Å². The first kappa shape index (κ1) is 22.2. The van der Waals surface area contributed by atoms with Crippen LogP contribution in [0.3, 0.4) is 0 Å². The van der Waals surface area contributed by atoms with Gasteiger partial charge in [0.05, 0.1) is 17.5 Å². The maximum atomic E-state index is 13.4. The predicted octanol–water partition coefficient (Wildman–Crippen LogP) is 2.85. The number of amides is 1. The van der Waals surface area contributed by atoms with Crippen LogP contribution in [0.1, 0.15) is 27.0 Å². The van der Waals surface area contributed by atoms with Crippen LogP contribution >= 0.6 is 0 Å². The highest BCUT2D eigenvalue weighted by molar-refractivity contribution is 5.96. The van der Waals surface area contributed by atoms with Crippen LogP contribution in [0.2, 0.25) is 0 Å². The summed E-state index contributed by atoms with van der Waals surface area (Å²) in [6.45, 7) is 2.59. The van der Waals surface area contributed by atoms with E-state index in [1.807, 2.05) is 55.5 Å². The minimum atomic E-state index is -0.398. The van der Waals surface area contributed by atoms with E-state index in [2.05, 4.69) is 10.3 Å². The fraction of sp³-hybridized carbons (Fsp3) is 0.148. The van der Waals surface area contributed by atoms with Gasteiger partial charge in [0.1, 0.15) is 16.8 Å². The summed E-state index contributed by atoms with van der Waals surface area (Å²) in [6, 6.07) is 18.7. The van der Waals surface area contributed by atoms with E-state index in [0.717, 1.165) is 16.7 Å². The highest BCUT2D eigenvalue weighted by atomic mass is 16.1. The van der Waals surface area contributed by atoms with E-state index in [9.17, 15) is 9.59 Å². The van der Waals surface area contributed by atoms with Gasteiger partial charge in [0.2, 0.25) is 0 Å². The fourth-order valence-corrected chi connectivity index (χ4v) is 4.10. The smallest absolute Gasteiger partial charge is 0.267 e. The summed E-state index contributed by atoms with van der Waals surface area (Å²) in [4.78, 5) is 35.3. The Morgan fingerprint density at radius 1 is 1.03 bits per heavy atom. The molecule has 0 unspecified atom stereocenters. The van der Waals surface area contributed by atoms with Crippen molar-refractivity contribution in [1.82, 2.24) is 24.3 Å². The normalized spacial score (nSPS) is 11.1. The van der Waals surface area contributed by atoms with Gasteiger partial charge in [-0.05, 0) is 54.3 Å². The van der Waals surface area contributed by atoms with Crippen molar-refractivity contribution in [2.24, 2.45) is 0 Å². The average molecular weight is 465 g/mol. The molecule has 0 aliphatic heterocycles. The molecule has 1 aromatic carbocycles. The molecular weight excluding hydrogens is 440 g/mol. The number of aromatic nitrogens is 4. The molecule has 0 spiro atoms. The lowest BCUT2D eigenvalue weighted by Gasteiger charge is -2.15. The number of fused-ring (bicyclic) bond motifs is 2. The minimum absolute atomic E-state index is 0.00474. The Labute approximate surface area is 201 Å². The molecule has 0 aliphatic rings. The molecule has 0 bridgehead atoms. The Morgan fingerprint density at radius 3 is 2.57 bits per heavy atom. The van der Waals surface area contributed by atoms with Crippen molar-refractivity contribution in [3.05, 3.63) is 117 Å². The lowest BCUT2D eigenvalue weighted by atomic mass is 10.1. The molecule has 4 heterocycles. The van der Waals surface area contributed by atoms with Crippen molar-refractivity contribution in [3.63, 3.8) is 0 Å². The van der Waals surface area contributed by atoms with E-state index in [-0.39, 0.29) is 28.5 Å². The number of hydrogen-bond donors (Lipinski definition) is 2. The maximum absolute atomic E-state index is 13.4. The zero-order valence-corrected chi connectivity index (χ0v) is 19.2. The van der Waals surface area contributed by atoms with Crippen LogP contribution in [-0.4, -0.2) is 31.4 Å². The number of benzene rings is 1. The van der Waals surface area contributed by atoms with Crippen molar-refractivity contribution in [2.45, 2.75) is 19.9 Å². The summed E-state index contributed by atoms with van der Waals surface area (Å²) >= 11 is 0. The second kappa shape index (κ2) is 9.34. The Kier molecular flexibility index (Phi) is 5.93. The van der Waals surface area contributed by atoms with Gasteiger partial charge in [0.25, 0.3) is 11.5 Å². The molecule has 0 aliphatic carbocycles. The molecule has 0 atom stereocenters. The third kappa shape index (κ3) is 4.46. The number of nitrogens with one attached hydrogen (secondary N) is 2. The third-order valence-electron chi connectivity index (χ3n) is 5.93. The summed E-state index contributed by atoms with van der Waals surface area (Å²) in [5.41, 5.74) is 3.59. The third-order valence-corrected chi connectivity index (χ3v) is 5.93. The highest BCUT2D eigenvalue weighted by Gasteiger charge is 2.18. The average Bonchev–Trinajstić information content (AvgIpc) is 2.87. The number of aryl methyl sites for hydroxylation is 1. The fourth-order valence-electron chi connectivity index (χ4n) is 4.10. The molecule has 4 aromatic heterocycles. The van der Waals surface area contributed by atoms with Gasteiger partial charge in [-0.25, -0.2) is 4.98 Å². The van der Waals surface area contributed by atoms with Gasteiger partial charge in [-0.2, -0.15) is 0 Å². The molecule has 0 radical (unpaired) electrons. The number of hydrogen-bond acceptors (Lipinski definition) is 5. The van der Waals surface area contributed by atoms with Crippen LogP contribution in [0.4, 0.5) is 0 Å². The number of carbonyl (C=O) groups is 1. The van der Waals surface area contributed by atoms with Gasteiger partial charge in [-0.3, -0.25) is 24.4 Å². The van der Waals surface area contributed by atoms with Crippen molar-refractivity contribution >= 4 is 22.6 Å². The van der Waals surface area contributed by atoms with Crippen molar-refractivity contribution < 1.29 is 4.79 Å². The summed E-state index contributed by atoms with van der Waals surface area (Å²) in [5.74, 6) is -0.398. The summed E-state index contributed by atoms with van der Waals surface area (Å²) < 4.78 is 3.09. The quantitative estimate of drug-likeness (QED) is 0.377. The van der Waals surface area contributed by atoms with Gasteiger partial charge in [-0.1, -0.05) is 36.4 Å². The Balaban J connectivity index is 1.61. The zero-order valence-electron chi connectivity index (χ0n) is 19.2. The molecule has 1 amide bonds. The molecule has 0 saturated carbocycles. The molecule has 35 heavy (non-hydrogen) atoms. The molecule has 0 fully saturated rings. The SMILES string of the molecule is Cc1ccc2nc3c(cc(C(=O)NCCc4ccccc4)c(=N)n3Cc3ccncc3)c(=O)n2c1. The monoisotopic (exact) mass is 464 g/mol. The summed E-state index contributed by atoms with van der Waals surface area (Å²) in [6.07, 6.45) is 5.73. The zero-order chi connectivity index (χ0) is 24.4. The van der Waals surface area contributed by atoms with E-state index in [1.54, 1.807) is 29.2 Å². The molecule has 5 rings (SSSR count). The lowest BCUT2D eigenvalue weighted by Crippen LogP contribution is -2.36. The second-order valence-corrected chi connectivity index (χ2v) is 8.43. The first-order valence-corrected chi connectivity index (χ1v) is 11.3. The molecular formula is C27H24N6O2. The minimum Gasteiger partial charge on any atom is -0.352 e. The Hall–Kier alpha value is -4.59. The van der Waals surface area contributed by atoms with E-state index in [1.165, 1.54) is 10.5 Å². The largest absolute Gasteiger partial charge is 0.352 e. The molecule has 174 valence electrons. The van der Waals surface area contributed by atoms with E-state index >= 15 is 0 Å². The van der Waals surface area contributed by atoms with Gasteiger partial charge in [-0.15, -0.1) is 0 Å². The van der Waals surface area contributed by atoms with Gasteiger partial charge in [0, 0.05) is 25.1 Å². The van der Waals surface area contributed by atoms with Crippen molar-refractivity contribution in [3.8, 4) is 0 Å². The molecule has 8 heteroatoms. The summed E-state index contributed by atoms with van der Waals surface area (Å²) in [7, 11) is 0. The van der Waals surface area contributed by atoms with Crippen LogP contribution in [-0.2, 0) is 13.0 Å². The van der Waals surface area contributed by atoms with Crippen LogP contribution in [0.15, 0.2) is 84.0 Å². The van der Waals surface area contributed by atoms with Gasteiger partial charge >= 0.3 is 0 Å². The maximum Gasteiger partial charge on any atom is 0.267 e. The highest BCUT2D eigenvalue weighted by Crippen LogP contribution is 2.13. The van der Waals surface area contributed by atoms with E-state index < -0.39 is 5.91 Å². The first-order valence-electron chi connectivity index (χ1n) is 11.3. The van der Waals surface area contributed by atoms with Crippen LogP contribution in [0, 0.1) is 12.3 Å². The second-order valence-electron chi connectivity index (χ2n) is 8.43. The number of carbonyl (C=O) groups excluding carboxylic acids is 1. The Bertz CT molecular complexity index is 1660. The van der Waals surface area contributed by atoms with Crippen LogP contribution in [0.25, 0.3) is 16.7 Å². The topological polar surface area (TPSA) is 105 Å². The predicted molar refractivity (Wildman–Crippen MR) is 133 cm³/mol. The van der Waals surface area contributed by atoms with Crippen molar-refractivity contribution in [2.75, 3.05) is 6.54 Å². The van der Waals surface area contributed by atoms with Crippen LogP contribution < -0.4 is 16.4 Å². The summed E-state index contributed by atoms with van der Waals surface area (Å²) in [5, 5.41) is 12.0. The molecule has 0 saturated heterocycles. The number of pyridine rings is 3.